The third-order valence-corrected chi connectivity index (χ3v) is 15.4. The van der Waals surface area contributed by atoms with Gasteiger partial charge in [0.05, 0.1) is 0 Å². The van der Waals surface area contributed by atoms with Crippen molar-refractivity contribution in [3.63, 3.8) is 0 Å². The Hall–Kier alpha value is -3.15. The minimum Gasteiger partial charge on any atom is -0.462 e. The van der Waals surface area contributed by atoms with Gasteiger partial charge in [-0.05, 0) is 89.9 Å². The fourth-order valence-corrected chi connectivity index (χ4v) is 10.2. The fourth-order valence-electron chi connectivity index (χ4n) is 10.2. The van der Waals surface area contributed by atoms with Gasteiger partial charge in [0.1, 0.15) is 13.2 Å². The molecule has 0 fully saturated rings. The van der Waals surface area contributed by atoms with E-state index >= 15 is 0 Å². The minimum atomic E-state index is -0.790. The van der Waals surface area contributed by atoms with Crippen LogP contribution in [0.2, 0.25) is 0 Å². The number of hydrogen-bond donors (Lipinski definition) is 0. The topological polar surface area (TPSA) is 78.9 Å². The zero-order valence-electron chi connectivity index (χ0n) is 53.3. The number of rotatable bonds is 64. The second-order valence-corrected chi connectivity index (χ2v) is 23.4. The van der Waals surface area contributed by atoms with Gasteiger partial charge in [0, 0.05) is 19.3 Å². The summed E-state index contributed by atoms with van der Waals surface area (Å²) in [6.07, 6.45) is 89.3. The second kappa shape index (κ2) is 68.3. The Balaban J connectivity index is 4.27. The Bertz CT molecular complexity index is 1470. The summed E-state index contributed by atoms with van der Waals surface area (Å²) >= 11 is 0. The average molecular weight is 1120 g/mol. The van der Waals surface area contributed by atoms with Crippen LogP contribution < -0.4 is 0 Å². The largest absolute Gasteiger partial charge is 0.462 e. The quantitative estimate of drug-likeness (QED) is 0.0261. The molecule has 0 radical (unpaired) electrons. The van der Waals surface area contributed by atoms with Crippen LogP contribution in [0, 0.1) is 0 Å². The van der Waals surface area contributed by atoms with Gasteiger partial charge in [-0.15, -0.1) is 0 Å². The first kappa shape index (κ1) is 76.9. The fraction of sp³-hybridized carbons (Fsp3) is 0.797. The van der Waals surface area contributed by atoms with Crippen LogP contribution in [-0.4, -0.2) is 37.2 Å². The summed E-state index contributed by atoms with van der Waals surface area (Å²) < 4.78 is 17.0. The van der Waals surface area contributed by atoms with Crippen LogP contribution >= 0.6 is 0 Å². The molecule has 1 atom stereocenters. The van der Waals surface area contributed by atoms with Crippen molar-refractivity contribution in [3.05, 3.63) is 72.9 Å². The molecule has 0 bridgehead atoms. The monoisotopic (exact) mass is 1120 g/mol. The lowest BCUT2D eigenvalue weighted by Gasteiger charge is -2.18. The van der Waals surface area contributed by atoms with Gasteiger partial charge < -0.3 is 14.2 Å². The number of hydrogen-bond acceptors (Lipinski definition) is 6. The predicted molar refractivity (Wildman–Crippen MR) is 348 cm³/mol. The summed E-state index contributed by atoms with van der Waals surface area (Å²) in [7, 11) is 0. The molecule has 464 valence electrons. The van der Waals surface area contributed by atoms with Crippen molar-refractivity contribution in [2.45, 2.75) is 367 Å². The molecule has 0 N–H and O–H groups in total. The van der Waals surface area contributed by atoms with Crippen molar-refractivity contribution in [2.75, 3.05) is 13.2 Å². The molecular formula is C74H132O6. The third-order valence-electron chi connectivity index (χ3n) is 15.4. The number of carbonyl (C=O) groups is 3. The van der Waals surface area contributed by atoms with E-state index < -0.39 is 6.10 Å². The van der Waals surface area contributed by atoms with E-state index in [9.17, 15) is 14.4 Å². The maximum absolute atomic E-state index is 12.9. The van der Waals surface area contributed by atoms with Gasteiger partial charge in [0.25, 0.3) is 0 Å². The lowest BCUT2D eigenvalue weighted by atomic mass is 10.0. The van der Waals surface area contributed by atoms with Crippen LogP contribution in [0.25, 0.3) is 0 Å². The van der Waals surface area contributed by atoms with E-state index in [-0.39, 0.29) is 31.1 Å². The highest BCUT2D eigenvalue weighted by Gasteiger charge is 2.19. The molecule has 0 aliphatic heterocycles. The molecule has 0 aliphatic carbocycles. The molecule has 80 heavy (non-hydrogen) atoms. The first-order valence-electron chi connectivity index (χ1n) is 34.9. The number of allylic oxidation sites excluding steroid dienone is 12. The van der Waals surface area contributed by atoms with Crippen molar-refractivity contribution in [1.29, 1.82) is 0 Å². The Labute approximate surface area is 497 Å². The number of unbranched alkanes of at least 4 members (excludes halogenated alkanes) is 41. The van der Waals surface area contributed by atoms with Crippen LogP contribution in [0.5, 0.6) is 0 Å². The molecule has 0 aromatic rings. The van der Waals surface area contributed by atoms with Gasteiger partial charge in [-0.1, -0.05) is 325 Å². The third kappa shape index (κ3) is 65.7. The molecular weight excluding hydrogens is 985 g/mol. The molecule has 0 heterocycles. The Morgan fingerprint density at radius 2 is 0.487 bits per heavy atom. The van der Waals surface area contributed by atoms with E-state index in [1.807, 2.05) is 0 Å². The Morgan fingerprint density at radius 1 is 0.263 bits per heavy atom. The highest BCUT2D eigenvalue weighted by Crippen LogP contribution is 2.18. The molecule has 6 heteroatoms. The van der Waals surface area contributed by atoms with Gasteiger partial charge in [0.15, 0.2) is 6.10 Å². The summed E-state index contributed by atoms with van der Waals surface area (Å²) in [5, 5.41) is 0. The maximum Gasteiger partial charge on any atom is 0.306 e. The second-order valence-electron chi connectivity index (χ2n) is 23.4. The first-order chi connectivity index (χ1) is 39.5. The molecule has 0 aromatic heterocycles. The van der Waals surface area contributed by atoms with Crippen molar-refractivity contribution in [3.8, 4) is 0 Å². The van der Waals surface area contributed by atoms with E-state index in [0.717, 1.165) is 116 Å². The Morgan fingerprint density at radius 3 is 0.787 bits per heavy atom. The first-order valence-corrected chi connectivity index (χ1v) is 34.9. The summed E-state index contributed by atoms with van der Waals surface area (Å²) in [6, 6.07) is 0. The number of carbonyl (C=O) groups excluding carboxylic acids is 3. The molecule has 0 spiro atoms. The van der Waals surface area contributed by atoms with Crippen LogP contribution in [0.1, 0.15) is 361 Å². The van der Waals surface area contributed by atoms with E-state index in [1.54, 1.807) is 0 Å². The van der Waals surface area contributed by atoms with E-state index in [4.69, 9.17) is 14.2 Å². The zero-order valence-corrected chi connectivity index (χ0v) is 53.3. The highest BCUT2D eigenvalue weighted by atomic mass is 16.6. The predicted octanol–water partition coefficient (Wildman–Crippen LogP) is 24.1. The van der Waals surface area contributed by atoms with E-state index in [0.29, 0.717) is 19.3 Å². The van der Waals surface area contributed by atoms with Gasteiger partial charge in [-0.2, -0.15) is 0 Å². The lowest BCUT2D eigenvalue weighted by molar-refractivity contribution is -0.167. The van der Waals surface area contributed by atoms with Gasteiger partial charge >= 0.3 is 17.9 Å². The number of esters is 3. The average Bonchev–Trinajstić information content (AvgIpc) is 3.46. The van der Waals surface area contributed by atoms with Crippen molar-refractivity contribution < 1.29 is 28.6 Å². The van der Waals surface area contributed by atoms with Crippen molar-refractivity contribution >= 4 is 17.9 Å². The van der Waals surface area contributed by atoms with Crippen LogP contribution in [0.15, 0.2) is 72.9 Å². The minimum absolute atomic E-state index is 0.0830. The zero-order chi connectivity index (χ0) is 57.8. The molecule has 0 amide bonds. The van der Waals surface area contributed by atoms with E-state index in [1.165, 1.54) is 205 Å². The van der Waals surface area contributed by atoms with Gasteiger partial charge in [-0.25, -0.2) is 0 Å². The van der Waals surface area contributed by atoms with Gasteiger partial charge in [0.2, 0.25) is 0 Å². The smallest absolute Gasteiger partial charge is 0.306 e. The molecule has 6 nitrogen and oxygen atoms in total. The highest BCUT2D eigenvalue weighted by molar-refractivity contribution is 5.71. The summed E-state index contributed by atoms with van der Waals surface area (Å²) in [6.45, 7) is 6.53. The summed E-state index contributed by atoms with van der Waals surface area (Å²) in [5.41, 5.74) is 0. The molecule has 1 unspecified atom stereocenters. The lowest BCUT2D eigenvalue weighted by Crippen LogP contribution is -2.30. The Kier molecular flexibility index (Phi) is 65.7. The SMILES string of the molecule is CC/C=C\C/C=C\C/C=C\C/C=C\CCCCCCCCC(=O)OC(COC(=O)CCCCCCC/C=C\C/C=C\CCCCC)COC(=O)CCCCCCCCCCCCCCCCCCCCCCCCCCCCCC. The van der Waals surface area contributed by atoms with Crippen LogP contribution in [0.4, 0.5) is 0 Å². The standard InChI is InChI=1S/C74H132O6/c1-4-7-10-13-16-19-22-25-28-30-32-33-34-35-36-37-38-39-40-42-43-46-49-52-55-58-61-64-67-73(76)79-70-71(69-78-72(75)66-63-60-57-54-51-48-45-27-24-21-18-15-12-9-6-3)80-74(77)68-65-62-59-56-53-50-47-44-41-31-29-26-23-20-17-14-11-8-5-2/h8,11,17-18,20-21,26-27,29,41,44-45,71H,4-7,9-10,12-16,19,22-25,28,30-40,42-43,46-70H2,1-3H3/b11-8-,20-17-,21-18-,29-26-,44-41-,45-27-. The van der Waals surface area contributed by atoms with Crippen LogP contribution in [-0.2, 0) is 28.6 Å². The van der Waals surface area contributed by atoms with Crippen LogP contribution in [0.3, 0.4) is 0 Å². The van der Waals surface area contributed by atoms with E-state index in [2.05, 4.69) is 93.7 Å². The summed E-state index contributed by atoms with van der Waals surface area (Å²) in [4.78, 5) is 38.4. The molecule has 0 saturated carbocycles. The molecule has 0 aromatic carbocycles. The summed E-state index contributed by atoms with van der Waals surface area (Å²) in [5.74, 6) is -0.892. The molecule has 0 saturated heterocycles. The molecule has 0 rings (SSSR count). The number of ether oxygens (including phenoxy) is 3. The van der Waals surface area contributed by atoms with Crippen molar-refractivity contribution in [1.82, 2.24) is 0 Å². The van der Waals surface area contributed by atoms with Gasteiger partial charge in [-0.3, -0.25) is 14.4 Å². The van der Waals surface area contributed by atoms with Crippen molar-refractivity contribution in [2.24, 2.45) is 0 Å². The maximum atomic E-state index is 12.9. The normalized spacial score (nSPS) is 12.5. The molecule has 0 aliphatic rings.